The molecule has 3 N–H and O–H groups in total. The van der Waals surface area contributed by atoms with E-state index in [1.165, 1.54) is 11.8 Å². The number of H-pyrrole nitrogens is 1. The SMILES string of the molecule is CCc1[nH]c2nc(Sc3cnc4nccnc4c3)nc(N(C)C[C@@H](O)c3cccc(O)c3)c2c1Cl. The van der Waals surface area contributed by atoms with E-state index in [9.17, 15) is 10.2 Å². The second kappa shape index (κ2) is 9.65. The summed E-state index contributed by atoms with van der Waals surface area (Å²) in [5, 5.41) is 22.3. The summed E-state index contributed by atoms with van der Waals surface area (Å²) in [7, 11) is 1.84. The third-order valence-corrected chi connectivity index (χ3v) is 6.79. The second-order valence-electron chi connectivity index (χ2n) is 7.99. The third kappa shape index (κ3) is 4.72. The molecule has 4 heterocycles. The standard InChI is InChI=1S/C24H22ClN7O2S/c1-3-16-20(25)19-22(29-16)30-24(35-15-10-17-21(28-11-15)27-8-7-26-17)31-23(19)32(2)12-18(34)13-5-4-6-14(33)9-13/h4-11,18,33-34H,3,12H2,1-2H3,(H,29,30,31)/t18-/m1/s1. The molecule has 11 heteroatoms. The van der Waals surface area contributed by atoms with E-state index in [4.69, 9.17) is 21.6 Å². The number of aliphatic hydroxyl groups excluding tert-OH is 1. The molecule has 9 nitrogen and oxygen atoms in total. The van der Waals surface area contributed by atoms with Crippen molar-refractivity contribution in [1.29, 1.82) is 0 Å². The highest BCUT2D eigenvalue weighted by Gasteiger charge is 2.22. The summed E-state index contributed by atoms with van der Waals surface area (Å²) in [5.41, 5.74) is 3.34. The Morgan fingerprint density at radius 1 is 1.14 bits per heavy atom. The molecule has 0 unspecified atom stereocenters. The summed E-state index contributed by atoms with van der Waals surface area (Å²) in [6, 6.07) is 8.47. The first kappa shape index (κ1) is 23.3. The number of fused-ring (bicyclic) bond motifs is 2. The highest BCUT2D eigenvalue weighted by molar-refractivity contribution is 7.99. The number of aliphatic hydroxyl groups is 1. The Bertz CT molecular complexity index is 1530. The van der Waals surface area contributed by atoms with E-state index in [-0.39, 0.29) is 12.3 Å². The summed E-state index contributed by atoms with van der Waals surface area (Å²) in [6.45, 7) is 2.24. The molecule has 0 amide bonds. The van der Waals surface area contributed by atoms with Crippen LogP contribution in [-0.4, -0.2) is 53.7 Å². The zero-order valence-corrected chi connectivity index (χ0v) is 20.5. The number of nitrogens with zero attached hydrogens (tertiary/aromatic N) is 6. The Labute approximate surface area is 210 Å². The molecular weight excluding hydrogens is 486 g/mol. The lowest BCUT2D eigenvalue weighted by Crippen LogP contribution is -2.25. The molecular formula is C24H22ClN7O2S. The summed E-state index contributed by atoms with van der Waals surface area (Å²) in [6.07, 6.45) is 4.80. The van der Waals surface area contributed by atoms with Crippen molar-refractivity contribution in [3.63, 3.8) is 0 Å². The number of hydrogen-bond donors (Lipinski definition) is 3. The van der Waals surface area contributed by atoms with E-state index < -0.39 is 6.10 Å². The van der Waals surface area contributed by atoms with Gasteiger partial charge >= 0.3 is 0 Å². The van der Waals surface area contributed by atoms with Crippen LogP contribution in [0.2, 0.25) is 5.02 Å². The van der Waals surface area contributed by atoms with Crippen LogP contribution in [0.3, 0.4) is 0 Å². The molecule has 0 radical (unpaired) electrons. The van der Waals surface area contributed by atoms with Crippen LogP contribution in [0.25, 0.3) is 22.2 Å². The molecule has 5 aromatic rings. The highest BCUT2D eigenvalue weighted by Crippen LogP contribution is 2.37. The molecule has 1 aromatic carbocycles. The number of phenols is 1. The molecule has 0 aliphatic rings. The van der Waals surface area contributed by atoms with Crippen LogP contribution in [0.4, 0.5) is 5.82 Å². The quantitative estimate of drug-likeness (QED) is 0.272. The maximum absolute atomic E-state index is 10.8. The van der Waals surface area contributed by atoms with Crippen LogP contribution in [0.5, 0.6) is 5.75 Å². The Kier molecular flexibility index (Phi) is 6.42. The normalized spacial score (nSPS) is 12.3. The summed E-state index contributed by atoms with van der Waals surface area (Å²) in [4.78, 5) is 28.3. The van der Waals surface area contributed by atoms with E-state index in [1.54, 1.807) is 42.9 Å². The molecule has 0 fully saturated rings. The maximum atomic E-state index is 10.8. The number of phenolic OH excluding ortho intramolecular Hbond substituents is 1. The minimum Gasteiger partial charge on any atom is -0.508 e. The fraction of sp³-hybridized carbons (Fsp3) is 0.208. The summed E-state index contributed by atoms with van der Waals surface area (Å²) in [5.74, 6) is 0.688. The number of aromatic hydroxyl groups is 1. The highest BCUT2D eigenvalue weighted by atomic mass is 35.5. The van der Waals surface area contributed by atoms with Crippen LogP contribution in [0, 0.1) is 0 Å². The summed E-state index contributed by atoms with van der Waals surface area (Å²) >= 11 is 8.04. The molecule has 0 saturated carbocycles. The monoisotopic (exact) mass is 507 g/mol. The first-order valence-electron chi connectivity index (χ1n) is 10.9. The van der Waals surface area contributed by atoms with Crippen molar-refractivity contribution in [3.05, 3.63) is 65.2 Å². The Balaban J connectivity index is 1.52. The van der Waals surface area contributed by atoms with Crippen molar-refractivity contribution in [2.24, 2.45) is 0 Å². The Morgan fingerprint density at radius 2 is 1.97 bits per heavy atom. The number of anilines is 1. The lowest BCUT2D eigenvalue weighted by Gasteiger charge is -2.23. The van der Waals surface area contributed by atoms with Gasteiger partial charge in [-0.15, -0.1) is 0 Å². The topological polar surface area (TPSA) is 124 Å². The molecule has 1 atom stereocenters. The van der Waals surface area contributed by atoms with Crippen LogP contribution < -0.4 is 4.90 Å². The van der Waals surface area contributed by atoms with E-state index in [0.717, 1.165) is 10.6 Å². The van der Waals surface area contributed by atoms with E-state index in [0.29, 0.717) is 50.2 Å². The van der Waals surface area contributed by atoms with Crippen LogP contribution in [0.1, 0.15) is 24.3 Å². The number of likely N-dealkylation sites (N-methyl/N-ethyl adjacent to an activating group) is 1. The van der Waals surface area contributed by atoms with Gasteiger partial charge in [0.1, 0.15) is 22.7 Å². The van der Waals surface area contributed by atoms with Gasteiger partial charge < -0.3 is 20.1 Å². The van der Waals surface area contributed by atoms with Gasteiger partial charge in [-0.2, -0.15) is 0 Å². The number of pyridine rings is 1. The fourth-order valence-corrected chi connectivity index (χ4v) is 4.93. The van der Waals surface area contributed by atoms with Gasteiger partial charge in [0.15, 0.2) is 10.8 Å². The molecule has 0 aliphatic carbocycles. The second-order valence-corrected chi connectivity index (χ2v) is 9.41. The van der Waals surface area contributed by atoms with E-state index >= 15 is 0 Å². The molecule has 0 aliphatic heterocycles. The number of aromatic nitrogens is 6. The molecule has 4 aromatic heterocycles. The largest absolute Gasteiger partial charge is 0.508 e. The zero-order valence-electron chi connectivity index (χ0n) is 19.0. The minimum absolute atomic E-state index is 0.0993. The number of benzene rings is 1. The van der Waals surface area contributed by atoms with E-state index in [1.807, 2.05) is 24.9 Å². The molecule has 5 rings (SSSR count). The van der Waals surface area contributed by atoms with Gasteiger partial charge in [-0.25, -0.2) is 19.9 Å². The first-order chi connectivity index (χ1) is 16.9. The van der Waals surface area contributed by atoms with Gasteiger partial charge in [-0.05, 0) is 41.9 Å². The third-order valence-electron chi connectivity index (χ3n) is 5.55. The number of rotatable bonds is 7. The number of aryl methyl sites for hydroxylation is 1. The molecule has 178 valence electrons. The van der Waals surface area contributed by atoms with Gasteiger partial charge in [-0.3, -0.25) is 4.98 Å². The zero-order chi connectivity index (χ0) is 24.5. The number of aromatic amines is 1. The maximum Gasteiger partial charge on any atom is 0.196 e. The van der Waals surface area contributed by atoms with Gasteiger partial charge in [-0.1, -0.05) is 30.7 Å². The average molecular weight is 508 g/mol. The predicted octanol–water partition coefficient (Wildman–Crippen LogP) is 4.54. The minimum atomic E-state index is -0.847. The van der Waals surface area contributed by atoms with Gasteiger partial charge in [0.25, 0.3) is 0 Å². The Hall–Kier alpha value is -3.47. The van der Waals surface area contributed by atoms with Gasteiger partial charge in [0.2, 0.25) is 0 Å². The fourth-order valence-electron chi connectivity index (χ4n) is 3.82. The van der Waals surface area contributed by atoms with Crippen molar-refractivity contribution >= 4 is 51.4 Å². The van der Waals surface area contributed by atoms with Crippen molar-refractivity contribution in [3.8, 4) is 5.75 Å². The molecule has 0 spiro atoms. The van der Waals surface area contributed by atoms with Crippen molar-refractivity contribution < 1.29 is 10.2 Å². The van der Waals surface area contributed by atoms with Crippen LogP contribution >= 0.6 is 23.4 Å². The smallest absolute Gasteiger partial charge is 0.196 e. The molecule has 0 saturated heterocycles. The lowest BCUT2D eigenvalue weighted by atomic mass is 10.1. The number of halogens is 1. The van der Waals surface area contributed by atoms with Crippen molar-refractivity contribution in [1.82, 2.24) is 29.9 Å². The van der Waals surface area contributed by atoms with Crippen molar-refractivity contribution in [2.75, 3.05) is 18.5 Å². The summed E-state index contributed by atoms with van der Waals surface area (Å²) < 4.78 is 0. The lowest BCUT2D eigenvalue weighted by molar-refractivity contribution is 0.184. The number of nitrogens with one attached hydrogen (secondary N) is 1. The van der Waals surface area contributed by atoms with E-state index in [2.05, 4.69) is 19.9 Å². The van der Waals surface area contributed by atoms with Gasteiger partial charge in [0, 0.05) is 42.8 Å². The molecule has 0 bridgehead atoms. The molecule has 35 heavy (non-hydrogen) atoms. The number of hydrogen-bond acceptors (Lipinski definition) is 9. The predicted molar refractivity (Wildman–Crippen MR) is 136 cm³/mol. The average Bonchev–Trinajstić information content (AvgIpc) is 3.18. The van der Waals surface area contributed by atoms with Crippen LogP contribution in [-0.2, 0) is 6.42 Å². The van der Waals surface area contributed by atoms with Gasteiger partial charge in [0.05, 0.1) is 16.5 Å². The van der Waals surface area contributed by atoms with Crippen molar-refractivity contribution in [2.45, 2.75) is 29.5 Å². The van der Waals surface area contributed by atoms with Crippen LogP contribution in [0.15, 0.2) is 59.0 Å². The Morgan fingerprint density at radius 3 is 2.77 bits per heavy atom. The first-order valence-corrected chi connectivity index (χ1v) is 12.1.